The Labute approximate surface area is 198 Å². The van der Waals surface area contributed by atoms with E-state index >= 15 is 0 Å². The third-order valence-electron chi connectivity index (χ3n) is 6.04. The molecule has 2 aromatic carbocycles. The molecule has 1 atom stereocenters. The lowest BCUT2D eigenvalue weighted by molar-refractivity contribution is 0.102. The molecule has 7 heteroatoms. The number of benzene rings is 2. The number of amides is 1. The molecule has 1 aliphatic carbocycles. The van der Waals surface area contributed by atoms with Gasteiger partial charge < -0.3 is 15.8 Å². The molecule has 0 aliphatic heterocycles. The summed E-state index contributed by atoms with van der Waals surface area (Å²) >= 11 is 0. The van der Waals surface area contributed by atoms with Crippen molar-refractivity contribution in [3.63, 3.8) is 0 Å². The largest absolute Gasteiger partial charge is 0.482 e. The quantitative estimate of drug-likeness (QED) is 0.394. The summed E-state index contributed by atoms with van der Waals surface area (Å²) in [6, 6.07) is 17.4. The van der Waals surface area contributed by atoms with E-state index in [1.54, 1.807) is 17.1 Å². The standard InChI is InChI=1S/C27H27N5O2/c1-17(34-25-13-22(14-29-26(25)28)23-15-30-32(2)16-23)19-5-4-8-24(12-19)31-27(33)21-7-3-6-20(11-21)18-9-10-18/h3-8,11-18H,9-10H2,1-2H3,(H2,28,29)(H,31,33). The summed E-state index contributed by atoms with van der Waals surface area (Å²) in [7, 11) is 1.86. The first kappa shape index (κ1) is 21.7. The van der Waals surface area contributed by atoms with Gasteiger partial charge in [-0.2, -0.15) is 5.10 Å². The third kappa shape index (κ3) is 4.78. The maximum Gasteiger partial charge on any atom is 0.255 e. The van der Waals surface area contributed by atoms with Gasteiger partial charge in [-0.3, -0.25) is 9.48 Å². The van der Waals surface area contributed by atoms with Crippen molar-refractivity contribution < 1.29 is 9.53 Å². The van der Waals surface area contributed by atoms with Crippen LogP contribution in [0.3, 0.4) is 0 Å². The second-order valence-corrected chi connectivity index (χ2v) is 8.75. The summed E-state index contributed by atoms with van der Waals surface area (Å²) in [5, 5.41) is 7.21. The molecule has 0 bridgehead atoms. The summed E-state index contributed by atoms with van der Waals surface area (Å²) in [4.78, 5) is 17.1. The number of hydrogen-bond acceptors (Lipinski definition) is 5. The minimum Gasteiger partial charge on any atom is -0.482 e. The van der Waals surface area contributed by atoms with E-state index in [2.05, 4.69) is 21.5 Å². The number of nitrogens with two attached hydrogens (primary N) is 1. The van der Waals surface area contributed by atoms with E-state index in [4.69, 9.17) is 10.5 Å². The fourth-order valence-corrected chi connectivity index (χ4v) is 3.96. The summed E-state index contributed by atoms with van der Waals surface area (Å²) in [5.74, 6) is 1.30. The Morgan fingerprint density at radius 1 is 1.12 bits per heavy atom. The predicted octanol–water partition coefficient (Wildman–Crippen LogP) is 5.33. The molecule has 1 saturated carbocycles. The highest BCUT2D eigenvalue weighted by molar-refractivity contribution is 6.04. The normalized spacial score (nSPS) is 13.9. The molecule has 1 unspecified atom stereocenters. The van der Waals surface area contributed by atoms with Crippen LogP contribution in [-0.2, 0) is 7.05 Å². The van der Waals surface area contributed by atoms with Crippen LogP contribution in [0.2, 0.25) is 0 Å². The Morgan fingerprint density at radius 3 is 2.71 bits per heavy atom. The van der Waals surface area contributed by atoms with Crippen LogP contribution in [0.15, 0.2) is 73.2 Å². The number of carbonyl (C=O) groups is 1. The molecule has 34 heavy (non-hydrogen) atoms. The summed E-state index contributed by atoms with van der Waals surface area (Å²) < 4.78 is 7.90. The fraction of sp³-hybridized carbons (Fsp3) is 0.222. The monoisotopic (exact) mass is 453 g/mol. The van der Waals surface area contributed by atoms with E-state index in [0.29, 0.717) is 28.7 Å². The number of carbonyl (C=O) groups excluding carboxylic acids is 1. The maximum absolute atomic E-state index is 12.8. The number of nitrogens with zero attached hydrogens (tertiary/aromatic N) is 3. The van der Waals surface area contributed by atoms with E-state index in [1.807, 2.05) is 68.7 Å². The van der Waals surface area contributed by atoms with Crippen molar-refractivity contribution in [2.75, 3.05) is 11.1 Å². The van der Waals surface area contributed by atoms with Crippen molar-refractivity contribution >= 4 is 17.4 Å². The molecule has 1 amide bonds. The van der Waals surface area contributed by atoms with Crippen LogP contribution in [0.4, 0.5) is 11.5 Å². The second kappa shape index (κ2) is 9.02. The zero-order valence-corrected chi connectivity index (χ0v) is 19.2. The van der Waals surface area contributed by atoms with Gasteiger partial charge in [0.15, 0.2) is 11.6 Å². The average Bonchev–Trinajstić information content (AvgIpc) is 3.61. The summed E-state index contributed by atoms with van der Waals surface area (Å²) in [6.07, 6.45) is 7.49. The molecule has 0 saturated heterocycles. The molecule has 1 aliphatic rings. The topological polar surface area (TPSA) is 95.1 Å². The Balaban J connectivity index is 1.30. The summed E-state index contributed by atoms with van der Waals surface area (Å²) in [5.41, 5.74) is 11.4. The molecule has 7 nitrogen and oxygen atoms in total. The molecule has 2 aromatic heterocycles. The van der Waals surface area contributed by atoms with Crippen molar-refractivity contribution in [2.45, 2.75) is 31.8 Å². The van der Waals surface area contributed by atoms with Crippen LogP contribution >= 0.6 is 0 Å². The number of aromatic nitrogens is 3. The van der Waals surface area contributed by atoms with Crippen molar-refractivity contribution in [2.24, 2.45) is 7.05 Å². The van der Waals surface area contributed by atoms with Crippen LogP contribution in [0.25, 0.3) is 11.1 Å². The molecule has 5 rings (SSSR count). The van der Waals surface area contributed by atoms with Crippen molar-refractivity contribution in [3.05, 3.63) is 89.9 Å². The lowest BCUT2D eigenvalue weighted by Crippen LogP contribution is -2.13. The van der Waals surface area contributed by atoms with Crippen LogP contribution in [0.5, 0.6) is 5.75 Å². The highest BCUT2D eigenvalue weighted by Gasteiger charge is 2.24. The molecule has 0 radical (unpaired) electrons. The van der Waals surface area contributed by atoms with E-state index in [-0.39, 0.29) is 12.0 Å². The zero-order chi connectivity index (χ0) is 23.7. The number of hydrogen-bond donors (Lipinski definition) is 2. The number of nitrogens with one attached hydrogen (secondary N) is 1. The SMILES string of the molecule is CC(Oc1cc(-c2cnn(C)c2)cnc1N)c1cccc(NC(=O)c2cccc(C3CC3)c2)c1. The highest BCUT2D eigenvalue weighted by atomic mass is 16.5. The molecule has 2 heterocycles. The molecule has 4 aromatic rings. The van der Waals surface area contributed by atoms with Gasteiger partial charge in [0, 0.05) is 41.8 Å². The molecular formula is C27H27N5O2. The van der Waals surface area contributed by atoms with Gasteiger partial charge in [0.1, 0.15) is 6.10 Å². The van der Waals surface area contributed by atoms with Crippen LogP contribution < -0.4 is 15.8 Å². The van der Waals surface area contributed by atoms with Crippen LogP contribution in [-0.4, -0.2) is 20.7 Å². The Hall–Kier alpha value is -4.13. The average molecular weight is 454 g/mol. The lowest BCUT2D eigenvalue weighted by atomic mass is 10.1. The van der Waals surface area contributed by atoms with E-state index in [0.717, 1.165) is 16.7 Å². The number of nitrogen functional groups attached to an aromatic ring is 1. The smallest absolute Gasteiger partial charge is 0.255 e. The van der Waals surface area contributed by atoms with Crippen molar-refractivity contribution in [3.8, 4) is 16.9 Å². The molecular weight excluding hydrogens is 426 g/mol. The molecule has 172 valence electrons. The number of aryl methyl sites for hydroxylation is 1. The van der Waals surface area contributed by atoms with Gasteiger partial charge in [-0.25, -0.2) is 4.98 Å². The van der Waals surface area contributed by atoms with Crippen molar-refractivity contribution in [1.82, 2.24) is 14.8 Å². The molecule has 3 N–H and O–H groups in total. The second-order valence-electron chi connectivity index (χ2n) is 8.75. The van der Waals surface area contributed by atoms with Gasteiger partial charge in [0.05, 0.1) is 6.20 Å². The van der Waals surface area contributed by atoms with Crippen LogP contribution in [0.1, 0.15) is 53.3 Å². The summed E-state index contributed by atoms with van der Waals surface area (Å²) in [6.45, 7) is 1.94. The highest BCUT2D eigenvalue weighted by Crippen LogP contribution is 2.40. The molecule has 0 spiro atoms. The Morgan fingerprint density at radius 2 is 1.94 bits per heavy atom. The first-order valence-corrected chi connectivity index (χ1v) is 11.4. The van der Waals surface area contributed by atoms with E-state index in [1.165, 1.54) is 18.4 Å². The maximum atomic E-state index is 12.8. The number of anilines is 2. The number of rotatable bonds is 7. The van der Waals surface area contributed by atoms with Crippen molar-refractivity contribution in [1.29, 1.82) is 0 Å². The molecule has 1 fully saturated rings. The van der Waals surface area contributed by atoms with E-state index in [9.17, 15) is 4.79 Å². The van der Waals surface area contributed by atoms with Gasteiger partial charge in [0.2, 0.25) is 0 Å². The Bertz CT molecular complexity index is 1340. The van der Waals surface area contributed by atoms with Gasteiger partial charge in [-0.05, 0) is 67.1 Å². The first-order valence-electron chi connectivity index (χ1n) is 11.4. The van der Waals surface area contributed by atoms with Gasteiger partial charge in [-0.15, -0.1) is 0 Å². The third-order valence-corrected chi connectivity index (χ3v) is 6.04. The number of pyridine rings is 1. The Kier molecular flexibility index (Phi) is 5.76. The minimum absolute atomic E-state index is 0.120. The van der Waals surface area contributed by atoms with Gasteiger partial charge in [-0.1, -0.05) is 24.3 Å². The van der Waals surface area contributed by atoms with E-state index < -0.39 is 0 Å². The lowest BCUT2D eigenvalue weighted by Gasteiger charge is -2.17. The van der Waals surface area contributed by atoms with Gasteiger partial charge >= 0.3 is 0 Å². The van der Waals surface area contributed by atoms with Crippen LogP contribution in [0, 0.1) is 0 Å². The first-order chi connectivity index (χ1) is 16.5. The minimum atomic E-state index is -0.303. The number of ether oxygens (including phenoxy) is 1. The zero-order valence-electron chi connectivity index (χ0n) is 19.2. The predicted molar refractivity (Wildman–Crippen MR) is 133 cm³/mol. The fourth-order valence-electron chi connectivity index (χ4n) is 3.96. The van der Waals surface area contributed by atoms with Gasteiger partial charge in [0.25, 0.3) is 5.91 Å².